The van der Waals surface area contributed by atoms with Gasteiger partial charge in [-0.2, -0.15) is 0 Å². The minimum atomic E-state index is 0. The van der Waals surface area contributed by atoms with Crippen molar-refractivity contribution < 1.29 is 4.79 Å². The Bertz CT molecular complexity index is 508. The lowest BCUT2D eigenvalue weighted by atomic mass is 10.0. The van der Waals surface area contributed by atoms with Crippen LogP contribution < -0.4 is 5.32 Å². The molecular formula is C15H23ClN4O. The number of hydrogen-bond donors (Lipinski definition) is 1. The lowest BCUT2D eigenvalue weighted by Gasteiger charge is -2.25. The van der Waals surface area contributed by atoms with E-state index in [-0.39, 0.29) is 24.2 Å². The van der Waals surface area contributed by atoms with Gasteiger partial charge in [0.15, 0.2) is 0 Å². The Morgan fingerprint density at radius 3 is 2.86 bits per heavy atom. The van der Waals surface area contributed by atoms with Gasteiger partial charge in [-0.05, 0) is 25.2 Å². The molecule has 6 heteroatoms. The molecule has 1 amide bonds. The second-order valence-corrected chi connectivity index (χ2v) is 6.15. The third-order valence-electron chi connectivity index (χ3n) is 4.33. The van der Waals surface area contributed by atoms with Gasteiger partial charge in [0.25, 0.3) is 5.91 Å². The van der Waals surface area contributed by atoms with Crippen LogP contribution in [0, 0.1) is 0 Å². The number of carbonyl (C=O) groups excluding carboxylic acids is 1. The van der Waals surface area contributed by atoms with Crippen molar-refractivity contribution in [3.63, 3.8) is 0 Å². The fourth-order valence-electron chi connectivity index (χ4n) is 3.26. The SMILES string of the molecule is CC(C)c1ncncc1C(=O)N1CCC2CCC(C1)N2.Cl. The van der Waals surface area contributed by atoms with E-state index in [1.54, 1.807) is 6.20 Å². The first kappa shape index (κ1) is 16.2. The van der Waals surface area contributed by atoms with Crippen molar-refractivity contribution in [1.29, 1.82) is 0 Å². The van der Waals surface area contributed by atoms with E-state index >= 15 is 0 Å². The minimum Gasteiger partial charge on any atom is -0.337 e. The number of rotatable bonds is 2. The van der Waals surface area contributed by atoms with E-state index in [1.807, 2.05) is 4.90 Å². The number of carbonyl (C=O) groups is 1. The van der Waals surface area contributed by atoms with Gasteiger partial charge >= 0.3 is 0 Å². The zero-order chi connectivity index (χ0) is 14.1. The molecule has 2 atom stereocenters. The van der Waals surface area contributed by atoms with Crippen molar-refractivity contribution in [3.05, 3.63) is 23.8 Å². The van der Waals surface area contributed by atoms with Crippen LogP contribution in [0.25, 0.3) is 0 Å². The Morgan fingerprint density at radius 2 is 2.10 bits per heavy atom. The third kappa shape index (κ3) is 3.35. The summed E-state index contributed by atoms with van der Waals surface area (Å²) in [4.78, 5) is 23.1. The van der Waals surface area contributed by atoms with Crippen molar-refractivity contribution in [2.45, 2.75) is 51.1 Å². The first-order chi connectivity index (χ1) is 9.65. The molecule has 0 aromatic carbocycles. The molecule has 2 aliphatic heterocycles. The van der Waals surface area contributed by atoms with Gasteiger partial charge in [0.1, 0.15) is 6.33 Å². The number of likely N-dealkylation sites (tertiary alicyclic amines) is 1. The topological polar surface area (TPSA) is 58.1 Å². The van der Waals surface area contributed by atoms with Crippen LogP contribution in [0.5, 0.6) is 0 Å². The van der Waals surface area contributed by atoms with Gasteiger partial charge in [0, 0.05) is 31.4 Å². The van der Waals surface area contributed by atoms with Gasteiger partial charge < -0.3 is 10.2 Å². The van der Waals surface area contributed by atoms with Gasteiger partial charge in [-0.15, -0.1) is 12.4 Å². The van der Waals surface area contributed by atoms with Crippen LogP contribution in [-0.4, -0.2) is 45.9 Å². The van der Waals surface area contributed by atoms with E-state index in [9.17, 15) is 4.79 Å². The highest BCUT2D eigenvalue weighted by atomic mass is 35.5. The number of nitrogens with one attached hydrogen (secondary N) is 1. The van der Waals surface area contributed by atoms with Crippen LogP contribution in [0.3, 0.4) is 0 Å². The molecule has 0 radical (unpaired) electrons. The van der Waals surface area contributed by atoms with Crippen molar-refractivity contribution >= 4 is 18.3 Å². The summed E-state index contributed by atoms with van der Waals surface area (Å²) in [5, 5.41) is 3.60. The molecule has 0 aliphatic carbocycles. The smallest absolute Gasteiger partial charge is 0.257 e. The van der Waals surface area contributed by atoms with Crippen LogP contribution in [-0.2, 0) is 0 Å². The second kappa shape index (κ2) is 6.71. The molecule has 3 rings (SSSR count). The highest BCUT2D eigenvalue weighted by Gasteiger charge is 2.32. The molecule has 2 bridgehead atoms. The van der Waals surface area contributed by atoms with Gasteiger partial charge in [0.2, 0.25) is 0 Å². The quantitative estimate of drug-likeness (QED) is 0.907. The van der Waals surface area contributed by atoms with Gasteiger partial charge in [-0.3, -0.25) is 4.79 Å². The summed E-state index contributed by atoms with van der Waals surface area (Å²) < 4.78 is 0. The highest BCUT2D eigenvalue weighted by Crippen LogP contribution is 2.23. The average molecular weight is 311 g/mol. The molecule has 0 saturated carbocycles. The lowest BCUT2D eigenvalue weighted by Crippen LogP contribution is -2.39. The molecule has 5 nitrogen and oxygen atoms in total. The van der Waals surface area contributed by atoms with E-state index in [1.165, 1.54) is 19.2 Å². The molecule has 1 aromatic rings. The Kier molecular flexibility index (Phi) is 5.17. The Morgan fingerprint density at radius 1 is 1.33 bits per heavy atom. The molecule has 2 aliphatic rings. The molecular weight excluding hydrogens is 288 g/mol. The average Bonchev–Trinajstić information content (AvgIpc) is 2.77. The Hall–Kier alpha value is -1.20. The predicted molar refractivity (Wildman–Crippen MR) is 83.8 cm³/mol. The number of amides is 1. The van der Waals surface area contributed by atoms with Crippen molar-refractivity contribution in [2.24, 2.45) is 0 Å². The third-order valence-corrected chi connectivity index (χ3v) is 4.33. The first-order valence-electron chi connectivity index (χ1n) is 7.50. The number of fused-ring (bicyclic) bond motifs is 2. The molecule has 3 heterocycles. The summed E-state index contributed by atoms with van der Waals surface area (Å²) in [7, 11) is 0. The zero-order valence-corrected chi connectivity index (χ0v) is 13.4. The standard InChI is InChI=1S/C15H22N4O.ClH/c1-10(2)14-13(7-16-9-17-14)15(20)19-6-5-11-3-4-12(8-19)18-11;/h7,9-12,18H,3-6,8H2,1-2H3;1H. The largest absolute Gasteiger partial charge is 0.337 e. The molecule has 21 heavy (non-hydrogen) atoms. The summed E-state index contributed by atoms with van der Waals surface area (Å²) >= 11 is 0. The molecule has 2 saturated heterocycles. The Labute approximate surface area is 131 Å². The summed E-state index contributed by atoms with van der Waals surface area (Å²) in [5.41, 5.74) is 1.52. The van der Waals surface area contributed by atoms with Crippen LogP contribution >= 0.6 is 12.4 Å². The Balaban J connectivity index is 0.00000161. The van der Waals surface area contributed by atoms with Crippen molar-refractivity contribution in [2.75, 3.05) is 13.1 Å². The van der Waals surface area contributed by atoms with Crippen molar-refractivity contribution in [1.82, 2.24) is 20.2 Å². The molecule has 0 spiro atoms. The lowest BCUT2D eigenvalue weighted by molar-refractivity contribution is 0.0745. The second-order valence-electron chi connectivity index (χ2n) is 6.15. The van der Waals surface area contributed by atoms with E-state index in [2.05, 4.69) is 29.1 Å². The van der Waals surface area contributed by atoms with E-state index in [0.29, 0.717) is 17.6 Å². The first-order valence-corrected chi connectivity index (χ1v) is 7.50. The summed E-state index contributed by atoms with van der Waals surface area (Å²) in [6.45, 7) is 5.76. The maximum atomic E-state index is 12.8. The van der Waals surface area contributed by atoms with Gasteiger partial charge in [-0.1, -0.05) is 13.8 Å². The van der Waals surface area contributed by atoms with Gasteiger partial charge in [0.05, 0.1) is 11.3 Å². The van der Waals surface area contributed by atoms with E-state index in [0.717, 1.165) is 25.2 Å². The molecule has 1 aromatic heterocycles. The normalized spacial score (nSPS) is 24.6. The summed E-state index contributed by atoms with van der Waals surface area (Å²) in [6.07, 6.45) is 6.67. The summed E-state index contributed by atoms with van der Waals surface area (Å²) in [6, 6.07) is 1.05. The molecule has 1 N–H and O–H groups in total. The minimum absolute atomic E-state index is 0. The van der Waals surface area contributed by atoms with Crippen LogP contribution in [0.1, 0.15) is 55.1 Å². The maximum absolute atomic E-state index is 12.8. The summed E-state index contributed by atoms with van der Waals surface area (Å²) in [5.74, 6) is 0.321. The van der Waals surface area contributed by atoms with E-state index in [4.69, 9.17) is 0 Å². The van der Waals surface area contributed by atoms with Crippen molar-refractivity contribution in [3.8, 4) is 0 Å². The fourth-order valence-corrected chi connectivity index (χ4v) is 3.26. The number of aromatic nitrogens is 2. The zero-order valence-electron chi connectivity index (χ0n) is 12.6. The maximum Gasteiger partial charge on any atom is 0.257 e. The number of nitrogens with zero attached hydrogens (tertiary/aromatic N) is 3. The van der Waals surface area contributed by atoms with Crippen LogP contribution in [0.4, 0.5) is 0 Å². The van der Waals surface area contributed by atoms with Crippen LogP contribution in [0.15, 0.2) is 12.5 Å². The predicted octanol–water partition coefficient (Wildman–Crippen LogP) is 1.99. The van der Waals surface area contributed by atoms with Crippen LogP contribution in [0.2, 0.25) is 0 Å². The highest BCUT2D eigenvalue weighted by molar-refractivity contribution is 5.95. The monoisotopic (exact) mass is 310 g/mol. The number of halogens is 1. The van der Waals surface area contributed by atoms with E-state index < -0.39 is 0 Å². The fraction of sp³-hybridized carbons (Fsp3) is 0.667. The number of hydrogen-bond acceptors (Lipinski definition) is 4. The molecule has 2 fully saturated rings. The molecule has 116 valence electrons. The van der Waals surface area contributed by atoms with Gasteiger partial charge in [-0.25, -0.2) is 9.97 Å². The molecule has 2 unspecified atom stereocenters.